The van der Waals surface area contributed by atoms with Crippen LogP contribution in [-0.4, -0.2) is 40.9 Å². The molecule has 1 amide bonds. The highest BCUT2D eigenvalue weighted by atomic mass is 32.1. The molecule has 1 atom stereocenters. The lowest BCUT2D eigenvalue weighted by Crippen LogP contribution is -2.43. The summed E-state index contributed by atoms with van der Waals surface area (Å²) >= 11 is 1.66. The molecule has 0 saturated carbocycles. The Balaban J connectivity index is 1.29. The zero-order valence-electron chi connectivity index (χ0n) is 19.7. The summed E-state index contributed by atoms with van der Waals surface area (Å²) in [6.07, 6.45) is 1.87. The van der Waals surface area contributed by atoms with Gasteiger partial charge in [-0.05, 0) is 56.5 Å². The van der Waals surface area contributed by atoms with Gasteiger partial charge in [-0.15, -0.1) is 0 Å². The maximum absolute atomic E-state index is 12.9. The van der Waals surface area contributed by atoms with Gasteiger partial charge in [-0.3, -0.25) is 4.79 Å². The molecule has 34 heavy (non-hydrogen) atoms. The number of rotatable bonds is 6. The number of hydrogen-bond donors (Lipinski definition) is 1. The molecule has 0 spiro atoms. The van der Waals surface area contributed by atoms with E-state index in [9.17, 15) is 4.79 Å². The molecule has 7 nitrogen and oxygen atoms in total. The lowest BCUT2D eigenvalue weighted by atomic mass is 9.97. The van der Waals surface area contributed by atoms with Crippen molar-refractivity contribution in [1.29, 1.82) is 0 Å². The topological polar surface area (TPSA) is 72.3 Å². The molecule has 0 radical (unpaired) electrons. The van der Waals surface area contributed by atoms with Gasteiger partial charge in [0, 0.05) is 19.6 Å². The Labute approximate surface area is 203 Å². The Morgan fingerprint density at radius 3 is 2.65 bits per heavy atom. The van der Waals surface area contributed by atoms with E-state index in [4.69, 9.17) is 14.8 Å². The lowest BCUT2D eigenvalue weighted by molar-refractivity contribution is -0.125. The average Bonchev–Trinajstić information content (AvgIpc) is 3.44. The van der Waals surface area contributed by atoms with Gasteiger partial charge in [0.2, 0.25) is 5.91 Å². The minimum Gasteiger partial charge on any atom is -0.497 e. The summed E-state index contributed by atoms with van der Waals surface area (Å²) in [5.74, 6) is 0.868. The number of methoxy groups -OCH3 is 1. The fourth-order valence-corrected chi connectivity index (χ4v) is 5.39. The Morgan fingerprint density at radius 2 is 1.91 bits per heavy atom. The van der Waals surface area contributed by atoms with Crippen molar-refractivity contribution in [1.82, 2.24) is 20.1 Å². The van der Waals surface area contributed by atoms with Crippen LogP contribution in [0.3, 0.4) is 0 Å². The number of nitrogens with one attached hydrogen (secondary N) is 1. The van der Waals surface area contributed by atoms with E-state index in [1.807, 2.05) is 35.9 Å². The number of hydrogen-bond acceptors (Lipinski definition) is 6. The summed E-state index contributed by atoms with van der Waals surface area (Å²) in [6.45, 7) is 6.22. The molecule has 0 bridgehead atoms. The van der Waals surface area contributed by atoms with Crippen molar-refractivity contribution >= 4 is 32.7 Å². The van der Waals surface area contributed by atoms with Gasteiger partial charge in [0.25, 0.3) is 0 Å². The molecule has 0 aliphatic carbocycles. The molecular weight excluding hydrogens is 446 g/mol. The van der Waals surface area contributed by atoms with Gasteiger partial charge in [0.1, 0.15) is 5.75 Å². The summed E-state index contributed by atoms with van der Waals surface area (Å²) in [6, 6.07) is 16.1. The number of fused-ring (bicyclic) bond motifs is 1. The highest BCUT2D eigenvalue weighted by Gasteiger charge is 2.28. The summed E-state index contributed by atoms with van der Waals surface area (Å²) in [5, 5.41) is 8.79. The van der Waals surface area contributed by atoms with Crippen molar-refractivity contribution in [2.24, 2.45) is 5.92 Å². The summed E-state index contributed by atoms with van der Waals surface area (Å²) in [5.41, 5.74) is 5.14. The number of thiazole rings is 1. The minimum absolute atomic E-state index is 0.0475. The van der Waals surface area contributed by atoms with Crippen LogP contribution in [0.1, 0.15) is 29.7 Å². The number of nitrogens with zero attached hydrogens (tertiary/aromatic N) is 4. The number of carbonyl (C=O) groups is 1. The third-order valence-electron chi connectivity index (χ3n) is 6.34. The molecule has 1 fully saturated rings. The number of benzene rings is 2. The fourth-order valence-electron chi connectivity index (χ4n) is 4.37. The van der Waals surface area contributed by atoms with Gasteiger partial charge in [-0.1, -0.05) is 41.2 Å². The first-order valence-electron chi connectivity index (χ1n) is 11.6. The predicted molar refractivity (Wildman–Crippen MR) is 136 cm³/mol. The van der Waals surface area contributed by atoms with E-state index in [0.29, 0.717) is 13.1 Å². The van der Waals surface area contributed by atoms with E-state index in [2.05, 4.69) is 41.4 Å². The Kier molecular flexibility index (Phi) is 6.24. The molecule has 5 rings (SSSR count). The molecule has 1 aliphatic rings. The van der Waals surface area contributed by atoms with Crippen molar-refractivity contribution in [3.8, 4) is 11.4 Å². The van der Waals surface area contributed by atoms with E-state index < -0.39 is 0 Å². The van der Waals surface area contributed by atoms with E-state index in [1.165, 1.54) is 5.56 Å². The molecule has 2 aromatic heterocycles. The predicted octanol–water partition coefficient (Wildman–Crippen LogP) is 4.64. The van der Waals surface area contributed by atoms with Crippen LogP contribution in [0.5, 0.6) is 5.75 Å². The molecular formula is C26H29N5O2S. The van der Waals surface area contributed by atoms with E-state index in [1.54, 1.807) is 18.4 Å². The smallest absolute Gasteiger partial charge is 0.225 e. The van der Waals surface area contributed by atoms with Crippen molar-refractivity contribution < 1.29 is 9.53 Å². The number of amides is 1. The SMILES string of the molecule is COc1ccc(CNC(=O)[C@@H]2CCCN(c3nc4c(s3)c(C)nn4-c3ccc(C)cc3)C2)cc1. The van der Waals surface area contributed by atoms with Crippen LogP contribution >= 0.6 is 11.3 Å². The first-order chi connectivity index (χ1) is 16.5. The van der Waals surface area contributed by atoms with Gasteiger partial charge in [-0.2, -0.15) is 10.1 Å². The van der Waals surface area contributed by atoms with Crippen molar-refractivity contribution in [2.75, 3.05) is 25.1 Å². The number of aryl methyl sites for hydroxylation is 2. The van der Waals surface area contributed by atoms with Gasteiger partial charge >= 0.3 is 0 Å². The quantitative estimate of drug-likeness (QED) is 0.440. The van der Waals surface area contributed by atoms with Crippen molar-refractivity contribution in [3.05, 3.63) is 65.4 Å². The maximum Gasteiger partial charge on any atom is 0.225 e. The molecule has 176 valence electrons. The van der Waals surface area contributed by atoms with Crippen LogP contribution < -0.4 is 15.0 Å². The average molecular weight is 476 g/mol. The molecule has 8 heteroatoms. The number of carbonyl (C=O) groups excluding carboxylic acids is 1. The van der Waals surface area contributed by atoms with Crippen LogP contribution in [0.15, 0.2) is 48.5 Å². The minimum atomic E-state index is -0.0475. The summed E-state index contributed by atoms with van der Waals surface area (Å²) < 4.78 is 8.22. The van der Waals surface area contributed by atoms with Crippen LogP contribution in [-0.2, 0) is 11.3 Å². The number of piperidine rings is 1. The molecule has 1 N–H and O–H groups in total. The first-order valence-corrected chi connectivity index (χ1v) is 12.4. The van der Waals surface area contributed by atoms with Gasteiger partial charge in [0.15, 0.2) is 10.8 Å². The van der Waals surface area contributed by atoms with Gasteiger partial charge in [0.05, 0.1) is 29.1 Å². The molecule has 2 aromatic carbocycles. The Bertz CT molecular complexity index is 1290. The fraction of sp³-hybridized carbons (Fsp3) is 0.346. The van der Waals surface area contributed by atoms with Crippen LogP contribution in [0.2, 0.25) is 0 Å². The van der Waals surface area contributed by atoms with Gasteiger partial charge in [-0.25, -0.2) is 4.68 Å². The first kappa shape index (κ1) is 22.4. The molecule has 4 aromatic rings. The molecule has 3 heterocycles. The van der Waals surface area contributed by atoms with E-state index >= 15 is 0 Å². The number of ether oxygens (including phenoxy) is 1. The standard InChI is InChI=1S/C26H29N5O2S/c1-17-6-10-21(11-7-17)31-24-23(18(2)29-31)34-26(28-24)30-14-4-5-20(16-30)25(32)27-15-19-8-12-22(33-3)13-9-19/h6-13,20H,4-5,14-16H2,1-3H3,(H,27,32)/t20-/m1/s1. The second-order valence-electron chi connectivity index (χ2n) is 8.83. The Hall–Kier alpha value is -3.39. The normalized spacial score (nSPS) is 16.1. The Morgan fingerprint density at radius 1 is 1.15 bits per heavy atom. The second kappa shape index (κ2) is 9.46. The maximum atomic E-state index is 12.9. The molecule has 1 saturated heterocycles. The third-order valence-corrected chi connectivity index (χ3v) is 7.56. The highest BCUT2D eigenvalue weighted by molar-refractivity contribution is 7.22. The number of anilines is 1. The van der Waals surface area contributed by atoms with E-state index in [-0.39, 0.29) is 11.8 Å². The molecule has 0 unspecified atom stereocenters. The van der Waals surface area contributed by atoms with Crippen molar-refractivity contribution in [3.63, 3.8) is 0 Å². The highest BCUT2D eigenvalue weighted by Crippen LogP contribution is 2.34. The second-order valence-corrected chi connectivity index (χ2v) is 9.81. The van der Waals surface area contributed by atoms with Gasteiger partial charge < -0.3 is 15.0 Å². The zero-order chi connectivity index (χ0) is 23.7. The largest absolute Gasteiger partial charge is 0.497 e. The van der Waals surface area contributed by atoms with Crippen LogP contribution in [0, 0.1) is 19.8 Å². The summed E-state index contributed by atoms with van der Waals surface area (Å²) in [7, 11) is 1.65. The molecule has 1 aliphatic heterocycles. The monoisotopic (exact) mass is 475 g/mol. The third kappa shape index (κ3) is 4.50. The van der Waals surface area contributed by atoms with E-state index in [0.717, 1.165) is 57.6 Å². The van der Waals surface area contributed by atoms with Crippen molar-refractivity contribution in [2.45, 2.75) is 33.2 Å². The summed E-state index contributed by atoms with van der Waals surface area (Å²) in [4.78, 5) is 20.1. The lowest BCUT2D eigenvalue weighted by Gasteiger charge is -2.31. The van der Waals surface area contributed by atoms with Crippen LogP contribution in [0.4, 0.5) is 5.13 Å². The number of aromatic nitrogens is 3. The van der Waals surface area contributed by atoms with Crippen LogP contribution in [0.25, 0.3) is 16.0 Å². The zero-order valence-corrected chi connectivity index (χ0v) is 20.6.